The van der Waals surface area contributed by atoms with Crippen molar-refractivity contribution < 1.29 is 13.2 Å². The lowest BCUT2D eigenvalue weighted by Crippen LogP contribution is -2.29. The van der Waals surface area contributed by atoms with Crippen LogP contribution in [0.25, 0.3) is 0 Å². The monoisotopic (exact) mass is 283 g/mol. The van der Waals surface area contributed by atoms with E-state index in [0.29, 0.717) is 25.7 Å². The fourth-order valence-electron chi connectivity index (χ4n) is 1.90. The number of sulfonamides is 1. The van der Waals surface area contributed by atoms with Crippen molar-refractivity contribution in [1.82, 2.24) is 0 Å². The van der Waals surface area contributed by atoms with Gasteiger partial charge >= 0.3 is 0 Å². The summed E-state index contributed by atoms with van der Waals surface area (Å²) in [5.41, 5.74) is 1.08. The average molecular weight is 283 g/mol. The molecule has 0 radical (unpaired) electrons. The van der Waals surface area contributed by atoms with Crippen molar-refractivity contribution in [3.63, 3.8) is 0 Å². The highest BCUT2D eigenvalue weighted by atomic mass is 32.2. The van der Waals surface area contributed by atoms with E-state index in [9.17, 15) is 8.42 Å². The maximum atomic E-state index is 11.5. The number of benzene rings is 1. The third-order valence-corrected chi connectivity index (χ3v) is 4.47. The number of nitrogens with two attached hydrogens (primary N) is 1. The van der Waals surface area contributed by atoms with E-state index in [-0.39, 0.29) is 0 Å². The van der Waals surface area contributed by atoms with Crippen molar-refractivity contribution >= 4 is 10.0 Å². The van der Waals surface area contributed by atoms with Crippen LogP contribution in [-0.2, 0) is 16.4 Å². The molecule has 1 atom stereocenters. The summed E-state index contributed by atoms with van der Waals surface area (Å²) in [7, 11) is -1.88. The van der Waals surface area contributed by atoms with Crippen molar-refractivity contribution in [2.24, 2.45) is 5.14 Å². The van der Waals surface area contributed by atoms with Gasteiger partial charge in [-0.3, -0.25) is 0 Å². The number of rotatable bonds is 8. The Bertz CT molecular complexity index is 494. The van der Waals surface area contributed by atoms with Gasteiger partial charge in [0.25, 0.3) is 0 Å². The quantitative estimate of drug-likeness (QED) is 0.744. The molecule has 1 aromatic rings. The molecule has 1 aromatic carbocycles. The van der Waals surface area contributed by atoms with Crippen molar-refractivity contribution in [3.8, 4) is 5.75 Å². The zero-order valence-electron chi connectivity index (χ0n) is 11.2. The largest absolute Gasteiger partial charge is 0.497 e. The molecule has 0 saturated carbocycles. The summed E-state index contributed by atoms with van der Waals surface area (Å²) >= 11 is 0. The summed E-state index contributed by atoms with van der Waals surface area (Å²) < 4.78 is 28.0. The molecule has 5 heteroatoms. The van der Waals surface area contributed by atoms with Crippen LogP contribution < -0.4 is 9.88 Å². The van der Waals surface area contributed by atoms with Crippen LogP contribution in [0.5, 0.6) is 5.75 Å². The molecule has 4 nitrogen and oxygen atoms in total. The topological polar surface area (TPSA) is 69.4 Å². The minimum Gasteiger partial charge on any atom is -0.497 e. The van der Waals surface area contributed by atoms with E-state index in [2.05, 4.69) is 6.58 Å². The Kier molecular flexibility index (Phi) is 6.05. The van der Waals surface area contributed by atoms with Gasteiger partial charge in [0.15, 0.2) is 0 Å². The summed E-state index contributed by atoms with van der Waals surface area (Å²) in [6.45, 7) is 3.60. The fraction of sp³-hybridized carbons (Fsp3) is 0.429. The van der Waals surface area contributed by atoms with E-state index in [4.69, 9.17) is 9.88 Å². The lowest BCUT2D eigenvalue weighted by atomic mass is 10.1. The molecule has 0 saturated heterocycles. The first kappa shape index (κ1) is 15.7. The molecule has 1 rings (SSSR count). The van der Waals surface area contributed by atoms with Crippen LogP contribution in [0.4, 0.5) is 0 Å². The van der Waals surface area contributed by atoms with Gasteiger partial charge in [0, 0.05) is 0 Å². The number of hydrogen-bond acceptors (Lipinski definition) is 3. The molecule has 1 unspecified atom stereocenters. The van der Waals surface area contributed by atoms with Gasteiger partial charge in [-0.05, 0) is 43.4 Å². The van der Waals surface area contributed by atoms with E-state index >= 15 is 0 Å². The molecule has 19 heavy (non-hydrogen) atoms. The molecule has 0 amide bonds. The number of primary sulfonamides is 1. The molecule has 106 valence electrons. The smallest absolute Gasteiger partial charge is 0.211 e. The maximum absolute atomic E-state index is 11.5. The zero-order valence-corrected chi connectivity index (χ0v) is 12.0. The van der Waals surface area contributed by atoms with Crippen LogP contribution in [0.1, 0.15) is 24.8 Å². The van der Waals surface area contributed by atoms with Gasteiger partial charge in [0.2, 0.25) is 10.0 Å². The maximum Gasteiger partial charge on any atom is 0.211 e. The van der Waals surface area contributed by atoms with Gasteiger partial charge in [0.1, 0.15) is 5.75 Å². The standard InChI is InChI=1S/C14H21NO3S/c1-3-4-5-14(19(15,16)17)11-8-12-6-9-13(18-2)10-7-12/h3,6-7,9-10,14H,1,4-5,8,11H2,2H3,(H2,15,16,17). The summed E-state index contributed by atoms with van der Waals surface area (Å²) in [5, 5.41) is 4.74. The van der Waals surface area contributed by atoms with Crippen LogP contribution in [0.3, 0.4) is 0 Å². The summed E-state index contributed by atoms with van der Waals surface area (Å²) in [4.78, 5) is 0. The molecule has 0 aliphatic heterocycles. The number of methoxy groups -OCH3 is 1. The van der Waals surface area contributed by atoms with E-state index in [1.165, 1.54) is 0 Å². The molecule has 0 spiro atoms. The summed E-state index contributed by atoms with van der Waals surface area (Å²) in [6, 6.07) is 7.61. The second-order valence-corrected chi connectivity index (χ2v) is 6.31. The van der Waals surface area contributed by atoms with Gasteiger partial charge in [0.05, 0.1) is 12.4 Å². The van der Waals surface area contributed by atoms with Crippen LogP contribution >= 0.6 is 0 Å². The number of hydrogen-bond donors (Lipinski definition) is 1. The molecule has 0 bridgehead atoms. The molecule has 0 aliphatic carbocycles. The lowest BCUT2D eigenvalue weighted by Gasteiger charge is -2.13. The van der Waals surface area contributed by atoms with E-state index in [0.717, 1.165) is 11.3 Å². The highest BCUT2D eigenvalue weighted by Crippen LogP contribution is 2.17. The molecule has 0 aromatic heterocycles. The first-order valence-corrected chi connectivity index (χ1v) is 7.83. The van der Waals surface area contributed by atoms with Crippen LogP contribution in [0.2, 0.25) is 0 Å². The minimum atomic E-state index is -3.49. The highest BCUT2D eigenvalue weighted by Gasteiger charge is 2.20. The van der Waals surface area contributed by atoms with Crippen LogP contribution in [-0.4, -0.2) is 20.8 Å². The Labute approximate surface area is 115 Å². The second-order valence-electron chi connectivity index (χ2n) is 4.46. The SMILES string of the molecule is C=CCCC(CCc1ccc(OC)cc1)S(N)(=O)=O. The van der Waals surface area contributed by atoms with Crippen molar-refractivity contribution in [2.75, 3.05) is 7.11 Å². The normalized spacial score (nSPS) is 12.9. The number of allylic oxidation sites excluding steroid dienone is 1. The molecular weight excluding hydrogens is 262 g/mol. The zero-order chi connectivity index (χ0) is 14.3. The Balaban J connectivity index is 2.62. The second kappa shape index (κ2) is 7.31. The first-order chi connectivity index (χ1) is 8.97. The Morgan fingerprint density at radius 1 is 1.32 bits per heavy atom. The van der Waals surface area contributed by atoms with Crippen LogP contribution in [0.15, 0.2) is 36.9 Å². The Morgan fingerprint density at radius 2 is 1.95 bits per heavy atom. The average Bonchev–Trinajstić information content (AvgIpc) is 2.38. The highest BCUT2D eigenvalue weighted by molar-refractivity contribution is 7.89. The van der Waals surface area contributed by atoms with Crippen molar-refractivity contribution in [1.29, 1.82) is 0 Å². The van der Waals surface area contributed by atoms with Gasteiger partial charge in [-0.1, -0.05) is 18.2 Å². The summed E-state index contributed by atoms with van der Waals surface area (Å²) in [5.74, 6) is 0.790. The molecular formula is C14H21NO3S. The third-order valence-electron chi connectivity index (χ3n) is 3.07. The van der Waals surface area contributed by atoms with Gasteiger partial charge < -0.3 is 4.74 Å². The first-order valence-electron chi connectivity index (χ1n) is 6.23. The van der Waals surface area contributed by atoms with Crippen LogP contribution in [0, 0.1) is 0 Å². The number of aryl methyl sites for hydroxylation is 1. The van der Waals surface area contributed by atoms with E-state index < -0.39 is 15.3 Å². The minimum absolute atomic E-state index is 0.507. The van der Waals surface area contributed by atoms with Crippen molar-refractivity contribution in [3.05, 3.63) is 42.5 Å². The van der Waals surface area contributed by atoms with Gasteiger partial charge in [-0.15, -0.1) is 6.58 Å². The third kappa shape index (κ3) is 5.44. The molecule has 0 aliphatic rings. The fourth-order valence-corrected chi connectivity index (χ4v) is 2.81. The lowest BCUT2D eigenvalue weighted by molar-refractivity contribution is 0.414. The van der Waals surface area contributed by atoms with E-state index in [1.54, 1.807) is 13.2 Å². The molecule has 0 heterocycles. The number of ether oxygens (including phenoxy) is 1. The summed E-state index contributed by atoms with van der Waals surface area (Å²) in [6.07, 6.45) is 4.11. The van der Waals surface area contributed by atoms with Crippen molar-refractivity contribution in [2.45, 2.75) is 30.9 Å². The van der Waals surface area contributed by atoms with E-state index in [1.807, 2.05) is 24.3 Å². The predicted molar refractivity (Wildman–Crippen MR) is 77.6 cm³/mol. The molecule has 2 N–H and O–H groups in total. The Hall–Kier alpha value is -1.33. The molecule has 0 fully saturated rings. The van der Waals surface area contributed by atoms with Gasteiger partial charge in [-0.2, -0.15) is 0 Å². The van der Waals surface area contributed by atoms with Gasteiger partial charge in [-0.25, -0.2) is 13.6 Å². The predicted octanol–water partition coefficient (Wildman–Crippen LogP) is 2.25. The Morgan fingerprint density at radius 3 is 2.42 bits per heavy atom.